The van der Waals surface area contributed by atoms with Crippen molar-refractivity contribution in [1.29, 1.82) is 0 Å². The topological polar surface area (TPSA) is 104 Å². The number of thiazole rings is 1. The predicted octanol–water partition coefficient (Wildman–Crippen LogP) is 2.60. The molecular weight excluding hydrogens is 386 g/mol. The molecule has 0 saturated carbocycles. The Balaban J connectivity index is 1.53. The molecular formula is C21H23N5O2S. The Bertz CT molecular complexity index is 982. The van der Waals surface area contributed by atoms with E-state index in [1.54, 1.807) is 17.8 Å². The smallest absolute Gasteiger partial charge is 0.275 e. The Labute approximate surface area is 173 Å². The zero-order valence-corrected chi connectivity index (χ0v) is 16.8. The van der Waals surface area contributed by atoms with Crippen molar-refractivity contribution in [2.24, 2.45) is 11.7 Å². The zero-order chi connectivity index (χ0) is 20.4. The summed E-state index contributed by atoms with van der Waals surface area (Å²) in [5, 5.41) is 15.6. The second kappa shape index (κ2) is 8.28. The third-order valence-corrected chi connectivity index (χ3v) is 6.00. The van der Waals surface area contributed by atoms with Crippen LogP contribution in [0.1, 0.15) is 17.4 Å². The van der Waals surface area contributed by atoms with Crippen LogP contribution in [0, 0.1) is 5.92 Å². The number of carbonyl (C=O) groups is 1. The molecule has 3 atom stereocenters. The number of aliphatic hydroxyl groups excluding tert-OH is 1. The Morgan fingerprint density at radius 1 is 1.28 bits per heavy atom. The van der Waals surface area contributed by atoms with Crippen LogP contribution in [0.4, 0.5) is 11.4 Å². The van der Waals surface area contributed by atoms with E-state index in [0.29, 0.717) is 24.5 Å². The lowest BCUT2D eigenvalue weighted by Crippen LogP contribution is -2.55. The van der Waals surface area contributed by atoms with Crippen molar-refractivity contribution < 1.29 is 9.90 Å². The number of piperidine rings is 1. The average molecular weight is 410 g/mol. The van der Waals surface area contributed by atoms with Gasteiger partial charge in [0, 0.05) is 42.2 Å². The highest BCUT2D eigenvalue weighted by molar-refractivity contribution is 7.13. The zero-order valence-electron chi connectivity index (χ0n) is 16.0. The van der Waals surface area contributed by atoms with E-state index in [2.05, 4.69) is 20.2 Å². The van der Waals surface area contributed by atoms with Crippen LogP contribution in [0.2, 0.25) is 0 Å². The van der Waals surface area contributed by atoms with E-state index in [-0.39, 0.29) is 17.9 Å². The fraction of sp³-hybridized carbons (Fsp3) is 0.286. The molecule has 150 valence electrons. The molecule has 1 amide bonds. The number of hydrogen-bond donors (Lipinski definition) is 3. The molecule has 0 spiro atoms. The maximum atomic E-state index is 12.8. The number of nitrogens with one attached hydrogen (secondary N) is 1. The van der Waals surface area contributed by atoms with Gasteiger partial charge >= 0.3 is 0 Å². The summed E-state index contributed by atoms with van der Waals surface area (Å²) in [6.45, 7) is 3.13. The third-order valence-electron chi connectivity index (χ3n) is 5.11. The summed E-state index contributed by atoms with van der Waals surface area (Å²) < 4.78 is 0. The third kappa shape index (κ3) is 4.14. The highest BCUT2D eigenvalue weighted by atomic mass is 32.1. The van der Waals surface area contributed by atoms with E-state index in [1.807, 2.05) is 43.3 Å². The normalized spacial score (nSPS) is 21.8. The van der Waals surface area contributed by atoms with E-state index >= 15 is 0 Å². The maximum Gasteiger partial charge on any atom is 0.275 e. The van der Waals surface area contributed by atoms with Crippen molar-refractivity contribution in [2.45, 2.75) is 19.1 Å². The minimum absolute atomic E-state index is 0.0300. The van der Waals surface area contributed by atoms with Crippen molar-refractivity contribution in [2.75, 3.05) is 23.3 Å². The Hall–Kier alpha value is -2.81. The van der Waals surface area contributed by atoms with Crippen molar-refractivity contribution in [1.82, 2.24) is 9.97 Å². The largest absolute Gasteiger partial charge is 0.391 e. The molecule has 1 aliphatic rings. The molecule has 1 aliphatic heterocycles. The second-order valence-electron chi connectivity index (χ2n) is 7.29. The summed E-state index contributed by atoms with van der Waals surface area (Å²) in [7, 11) is 0. The molecule has 3 heterocycles. The van der Waals surface area contributed by atoms with Crippen molar-refractivity contribution in [3.8, 4) is 10.6 Å². The fourth-order valence-corrected chi connectivity index (χ4v) is 4.35. The molecule has 4 rings (SSSR count). The number of anilines is 2. The summed E-state index contributed by atoms with van der Waals surface area (Å²) in [5.41, 5.74) is 8.87. The number of rotatable bonds is 4. The summed E-state index contributed by atoms with van der Waals surface area (Å²) in [4.78, 5) is 23.5. The molecule has 29 heavy (non-hydrogen) atoms. The van der Waals surface area contributed by atoms with Gasteiger partial charge in [0.15, 0.2) is 0 Å². The number of nitrogens with zero attached hydrogens (tertiary/aromatic N) is 3. The number of pyridine rings is 1. The molecule has 7 nitrogen and oxygen atoms in total. The highest BCUT2D eigenvalue weighted by Gasteiger charge is 2.32. The summed E-state index contributed by atoms with van der Waals surface area (Å²) in [6, 6.07) is 11.3. The first-order valence-corrected chi connectivity index (χ1v) is 10.4. The van der Waals surface area contributed by atoms with Gasteiger partial charge in [-0.05, 0) is 6.07 Å². The maximum absolute atomic E-state index is 12.8. The quantitative estimate of drug-likeness (QED) is 0.612. The predicted molar refractivity (Wildman–Crippen MR) is 115 cm³/mol. The van der Waals surface area contributed by atoms with Crippen molar-refractivity contribution in [3.05, 3.63) is 59.9 Å². The Morgan fingerprint density at radius 3 is 2.83 bits per heavy atom. The molecule has 0 bridgehead atoms. The highest BCUT2D eigenvalue weighted by Crippen LogP contribution is 2.30. The minimum Gasteiger partial charge on any atom is -0.391 e. The van der Waals surface area contributed by atoms with Gasteiger partial charge in [0.05, 0.1) is 23.7 Å². The van der Waals surface area contributed by atoms with Gasteiger partial charge in [-0.15, -0.1) is 11.3 Å². The number of nitrogens with two attached hydrogens (primary N) is 1. The van der Waals surface area contributed by atoms with Crippen molar-refractivity contribution in [3.63, 3.8) is 0 Å². The molecule has 8 heteroatoms. The van der Waals surface area contributed by atoms with E-state index < -0.39 is 6.10 Å². The van der Waals surface area contributed by atoms with Gasteiger partial charge in [-0.2, -0.15) is 0 Å². The SMILES string of the molecule is CC1CN(c2ccncc2NC(=O)c2csc(-c3ccccc3)n2)CC(N)C1O. The first-order valence-electron chi connectivity index (χ1n) is 9.48. The number of aromatic nitrogens is 2. The summed E-state index contributed by atoms with van der Waals surface area (Å²) in [5.74, 6) is -0.255. The molecule has 1 aromatic carbocycles. The van der Waals surface area contributed by atoms with Gasteiger partial charge in [-0.25, -0.2) is 4.98 Å². The van der Waals surface area contributed by atoms with Crippen LogP contribution >= 0.6 is 11.3 Å². The van der Waals surface area contributed by atoms with Gasteiger partial charge in [0.25, 0.3) is 5.91 Å². The molecule has 0 aliphatic carbocycles. The number of hydrogen-bond acceptors (Lipinski definition) is 7. The van der Waals surface area contributed by atoms with E-state index in [1.165, 1.54) is 11.3 Å². The molecule has 1 saturated heterocycles. The lowest BCUT2D eigenvalue weighted by Gasteiger charge is -2.40. The number of aliphatic hydroxyl groups is 1. The van der Waals surface area contributed by atoms with Crippen LogP contribution in [0.25, 0.3) is 10.6 Å². The van der Waals surface area contributed by atoms with Gasteiger partial charge in [-0.1, -0.05) is 37.3 Å². The molecule has 0 radical (unpaired) electrons. The van der Waals surface area contributed by atoms with Gasteiger partial charge < -0.3 is 21.1 Å². The summed E-state index contributed by atoms with van der Waals surface area (Å²) in [6.07, 6.45) is 2.78. The Morgan fingerprint density at radius 2 is 2.07 bits per heavy atom. The molecule has 3 aromatic rings. The Kier molecular flexibility index (Phi) is 5.57. The van der Waals surface area contributed by atoms with Crippen molar-refractivity contribution >= 4 is 28.6 Å². The first kappa shape index (κ1) is 19.5. The van der Waals surface area contributed by atoms with Crippen LogP contribution in [0.5, 0.6) is 0 Å². The van der Waals surface area contributed by atoms with Gasteiger partial charge in [-0.3, -0.25) is 9.78 Å². The van der Waals surface area contributed by atoms with E-state index in [0.717, 1.165) is 16.3 Å². The molecule has 3 unspecified atom stereocenters. The number of amides is 1. The van der Waals surface area contributed by atoms with Gasteiger partial charge in [0.1, 0.15) is 10.7 Å². The second-order valence-corrected chi connectivity index (χ2v) is 8.15. The van der Waals surface area contributed by atoms with E-state index in [9.17, 15) is 9.90 Å². The van der Waals surface area contributed by atoms with Crippen LogP contribution in [-0.4, -0.2) is 46.2 Å². The van der Waals surface area contributed by atoms with Crippen LogP contribution in [0.15, 0.2) is 54.2 Å². The first-order chi connectivity index (χ1) is 14.0. The van der Waals surface area contributed by atoms with Crippen LogP contribution in [0.3, 0.4) is 0 Å². The average Bonchev–Trinajstić information content (AvgIpc) is 3.23. The van der Waals surface area contributed by atoms with Gasteiger partial charge in [0.2, 0.25) is 0 Å². The van der Waals surface area contributed by atoms with E-state index in [4.69, 9.17) is 5.73 Å². The van der Waals surface area contributed by atoms with Crippen LogP contribution in [-0.2, 0) is 0 Å². The fourth-order valence-electron chi connectivity index (χ4n) is 3.55. The summed E-state index contributed by atoms with van der Waals surface area (Å²) >= 11 is 1.43. The lowest BCUT2D eigenvalue weighted by molar-refractivity contribution is 0.0785. The number of benzene rings is 1. The monoisotopic (exact) mass is 409 g/mol. The lowest BCUT2D eigenvalue weighted by atomic mass is 9.92. The molecule has 4 N–H and O–H groups in total. The number of carbonyl (C=O) groups excluding carboxylic acids is 1. The van der Waals surface area contributed by atoms with Crippen LogP contribution < -0.4 is 16.0 Å². The minimum atomic E-state index is -0.530. The molecule has 1 fully saturated rings. The standard InChI is InChI=1S/C21H23N5O2S/c1-13-10-26(11-15(22)19(13)27)18-7-8-23-9-16(18)24-20(28)17-12-29-21(25-17)14-5-3-2-4-6-14/h2-9,12-13,15,19,27H,10-11,22H2,1H3,(H,24,28). The molecule has 2 aromatic heterocycles.